The van der Waals surface area contributed by atoms with Crippen LogP contribution in [0.25, 0.3) is 6.08 Å². The largest absolute Gasteiger partial charge is 0.426 e. The average Bonchev–Trinajstić information content (AvgIpc) is 3.56. The highest BCUT2D eigenvalue weighted by Gasteiger charge is 2.33. The van der Waals surface area contributed by atoms with E-state index >= 15 is 0 Å². The number of carbonyl (C=O) groups is 2. The highest BCUT2D eigenvalue weighted by molar-refractivity contribution is 7.91. The van der Waals surface area contributed by atoms with Gasteiger partial charge in [-0.1, -0.05) is 36.4 Å². The topological polar surface area (TPSA) is 96.3 Å². The maximum atomic E-state index is 12.9. The molecule has 0 unspecified atom stereocenters. The molecule has 190 valence electrons. The van der Waals surface area contributed by atoms with Crippen molar-refractivity contribution >= 4 is 50.7 Å². The van der Waals surface area contributed by atoms with Gasteiger partial charge in [0, 0.05) is 13.1 Å². The van der Waals surface area contributed by atoms with Crippen molar-refractivity contribution in [2.45, 2.75) is 24.0 Å². The predicted molar refractivity (Wildman–Crippen MR) is 143 cm³/mol. The molecule has 3 heterocycles. The molecule has 1 amide bonds. The van der Waals surface area contributed by atoms with Crippen molar-refractivity contribution in [1.29, 1.82) is 0 Å². The summed E-state index contributed by atoms with van der Waals surface area (Å²) in [5, 5.41) is 7.50. The average molecular weight is 536 g/mol. The van der Waals surface area contributed by atoms with Crippen LogP contribution in [0, 0.1) is 5.92 Å². The smallest absolute Gasteiger partial charge is 0.314 e. The molecule has 0 aliphatic carbocycles. The van der Waals surface area contributed by atoms with E-state index in [1.54, 1.807) is 54.8 Å². The minimum atomic E-state index is -3.51. The van der Waals surface area contributed by atoms with Crippen LogP contribution in [0.4, 0.5) is 5.69 Å². The van der Waals surface area contributed by atoms with E-state index < -0.39 is 10.0 Å². The Labute approximate surface area is 219 Å². The lowest BCUT2D eigenvalue weighted by Gasteiger charge is -2.29. The van der Waals surface area contributed by atoms with E-state index in [9.17, 15) is 18.0 Å². The number of anilines is 1. The number of ether oxygens (including phenoxy) is 1. The maximum Gasteiger partial charge on any atom is 0.314 e. The lowest BCUT2D eigenvalue weighted by molar-refractivity contribution is -0.140. The Kier molecular flexibility index (Phi) is 7.05. The summed E-state index contributed by atoms with van der Waals surface area (Å²) in [5.41, 5.74) is 2.60. The third-order valence-corrected chi connectivity index (χ3v) is 9.62. The number of hydrazone groups is 1. The second-order valence-corrected chi connectivity index (χ2v) is 11.9. The number of benzene rings is 2. The van der Waals surface area contributed by atoms with E-state index in [0.717, 1.165) is 5.56 Å². The standard InChI is InChI=1S/C27H25N3O5S2/c1-19-24(26(31)30(28-19)22-6-3-2-4-7-22)18-20-9-11-23(12-10-20)35-27(32)21-13-15-29(16-14-21)37(33,34)25-8-5-17-36-25/h2-12,17-18,21H,13-16H2,1H3/b24-18-. The number of esters is 1. The van der Waals surface area contributed by atoms with Crippen LogP contribution >= 0.6 is 11.3 Å². The van der Waals surface area contributed by atoms with E-state index in [4.69, 9.17) is 4.74 Å². The fourth-order valence-electron chi connectivity index (χ4n) is 4.30. The molecule has 0 saturated carbocycles. The molecule has 3 aromatic rings. The van der Waals surface area contributed by atoms with Gasteiger partial charge in [0.1, 0.15) is 9.96 Å². The van der Waals surface area contributed by atoms with Crippen molar-refractivity contribution in [3.63, 3.8) is 0 Å². The molecule has 1 saturated heterocycles. The Morgan fingerprint density at radius 1 is 1.03 bits per heavy atom. The van der Waals surface area contributed by atoms with Crippen LogP contribution in [0.2, 0.25) is 0 Å². The van der Waals surface area contributed by atoms with Gasteiger partial charge >= 0.3 is 5.97 Å². The van der Waals surface area contributed by atoms with Crippen molar-refractivity contribution in [1.82, 2.24) is 4.31 Å². The molecule has 37 heavy (non-hydrogen) atoms. The molecule has 1 fully saturated rings. The molecule has 0 radical (unpaired) electrons. The van der Waals surface area contributed by atoms with E-state index in [0.29, 0.717) is 39.8 Å². The summed E-state index contributed by atoms with van der Waals surface area (Å²) in [6, 6.07) is 19.5. The summed E-state index contributed by atoms with van der Waals surface area (Å²) in [6.45, 7) is 2.35. The van der Waals surface area contributed by atoms with E-state index in [1.807, 2.05) is 30.3 Å². The molecule has 10 heteroatoms. The van der Waals surface area contributed by atoms with Crippen LogP contribution in [-0.2, 0) is 19.6 Å². The number of hydrogen-bond acceptors (Lipinski definition) is 7. The number of rotatable bonds is 6. The summed E-state index contributed by atoms with van der Waals surface area (Å²) in [7, 11) is -3.51. The summed E-state index contributed by atoms with van der Waals surface area (Å²) >= 11 is 1.19. The molecule has 5 rings (SSSR count). The minimum absolute atomic E-state index is 0.202. The molecule has 2 aromatic carbocycles. The Hall–Kier alpha value is -3.60. The third kappa shape index (κ3) is 5.27. The number of para-hydroxylation sites is 1. The highest BCUT2D eigenvalue weighted by Crippen LogP contribution is 2.28. The number of sulfonamides is 1. The number of nitrogens with zero attached hydrogens (tertiary/aromatic N) is 3. The molecule has 2 aliphatic rings. The zero-order valence-electron chi connectivity index (χ0n) is 20.1. The van der Waals surface area contributed by atoms with Crippen molar-refractivity contribution < 1.29 is 22.7 Å². The lowest BCUT2D eigenvalue weighted by atomic mass is 9.98. The van der Waals surface area contributed by atoms with Gasteiger partial charge < -0.3 is 4.74 Å². The first-order chi connectivity index (χ1) is 17.8. The first kappa shape index (κ1) is 25.1. The van der Waals surface area contributed by atoms with Crippen LogP contribution in [0.1, 0.15) is 25.3 Å². The Balaban J connectivity index is 1.19. The van der Waals surface area contributed by atoms with Crippen molar-refractivity contribution in [3.8, 4) is 5.75 Å². The zero-order valence-corrected chi connectivity index (χ0v) is 21.7. The number of carbonyl (C=O) groups excluding carboxylic acids is 2. The van der Waals surface area contributed by atoms with Crippen molar-refractivity contribution in [2.75, 3.05) is 18.1 Å². The SMILES string of the molecule is CC1=NN(c2ccccc2)C(=O)/C1=C\c1ccc(OC(=O)C2CCN(S(=O)(=O)c3cccs3)CC2)cc1. The van der Waals surface area contributed by atoms with Gasteiger partial charge in [-0.3, -0.25) is 9.59 Å². The molecule has 0 spiro atoms. The van der Waals surface area contributed by atoms with Crippen LogP contribution in [0.5, 0.6) is 5.75 Å². The first-order valence-corrected chi connectivity index (χ1v) is 14.2. The molecular formula is C27H25N3O5S2. The second kappa shape index (κ2) is 10.4. The number of amides is 1. The van der Waals surface area contributed by atoms with E-state index in [-0.39, 0.29) is 30.9 Å². The molecule has 0 N–H and O–H groups in total. The van der Waals surface area contributed by atoms with Gasteiger partial charge in [0.05, 0.1) is 22.9 Å². The number of thiophene rings is 1. The number of hydrogen-bond donors (Lipinski definition) is 0. The summed E-state index contributed by atoms with van der Waals surface area (Å²) in [5.74, 6) is -0.538. The number of piperidine rings is 1. The molecule has 1 aromatic heterocycles. The van der Waals surface area contributed by atoms with Crippen LogP contribution in [-0.4, -0.2) is 43.4 Å². The minimum Gasteiger partial charge on any atom is -0.426 e. The highest BCUT2D eigenvalue weighted by atomic mass is 32.2. The molecule has 0 bridgehead atoms. The lowest BCUT2D eigenvalue weighted by Crippen LogP contribution is -2.40. The van der Waals surface area contributed by atoms with Gasteiger partial charge in [0.2, 0.25) is 0 Å². The molecule has 0 atom stereocenters. The quantitative estimate of drug-likeness (QED) is 0.262. The summed E-state index contributed by atoms with van der Waals surface area (Å²) in [4.78, 5) is 25.6. The summed E-state index contributed by atoms with van der Waals surface area (Å²) in [6.07, 6.45) is 2.58. The normalized spacial score (nSPS) is 18.3. The summed E-state index contributed by atoms with van der Waals surface area (Å²) < 4.78 is 32.7. The Morgan fingerprint density at radius 3 is 2.38 bits per heavy atom. The van der Waals surface area contributed by atoms with Crippen molar-refractivity contribution in [2.24, 2.45) is 11.0 Å². The van der Waals surface area contributed by atoms with Gasteiger partial charge in [0.15, 0.2) is 0 Å². The van der Waals surface area contributed by atoms with Gasteiger partial charge in [-0.15, -0.1) is 11.3 Å². The van der Waals surface area contributed by atoms with Gasteiger partial charge in [-0.25, -0.2) is 8.42 Å². The van der Waals surface area contributed by atoms with Gasteiger partial charge in [-0.05, 0) is 67.1 Å². The monoisotopic (exact) mass is 535 g/mol. The molecule has 8 nitrogen and oxygen atoms in total. The van der Waals surface area contributed by atoms with Gasteiger partial charge in [-0.2, -0.15) is 14.4 Å². The van der Waals surface area contributed by atoms with Crippen LogP contribution < -0.4 is 9.75 Å². The molecule has 2 aliphatic heterocycles. The van der Waals surface area contributed by atoms with E-state index in [1.165, 1.54) is 20.7 Å². The van der Waals surface area contributed by atoms with Crippen LogP contribution in [0.3, 0.4) is 0 Å². The van der Waals surface area contributed by atoms with E-state index in [2.05, 4.69) is 5.10 Å². The zero-order chi connectivity index (χ0) is 26.0. The van der Waals surface area contributed by atoms with Gasteiger partial charge in [0.25, 0.3) is 15.9 Å². The Morgan fingerprint density at radius 2 is 1.73 bits per heavy atom. The fourth-order valence-corrected chi connectivity index (χ4v) is 6.91. The first-order valence-electron chi connectivity index (χ1n) is 11.8. The Bertz CT molecular complexity index is 1460. The third-order valence-electron chi connectivity index (χ3n) is 6.35. The van der Waals surface area contributed by atoms with Crippen LogP contribution in [0.15, 0.2) is 87.0 Å². The molecular weight excluding hydrogens is 510 g/mol. The maximum absolute atomic E-state index is 12.9. The second-order valence-electron chi connectivity index (χ2n) is 8.80. The predicted octanol–water partition coefficient (Wildman–Crippen LogP) is 4.56. The fraction of sp³-hybridized carbons (Fsp3) is 0.222. The van der Waals surface area contributed by atoms with Crippen molar-refractivity contribution in [3.05, 3.63) is 83.2 Å².